The van der Waals surface area contributed by atoms with Gasteiger partial charge in [0.15, 0.2) is 11.5 Å². The van der Waals surface area contributed by atoms with Gasteiger partial charge in [-0.2, -0.15) is 0 Å². The SMILES string of the molecule is Nc1ccc(COc2ccccc2OC(F)(F)F)cn1. The lowest BCUT2D eigenvalue weighted by atomic mass is 10.3. The van der Waals surface area contributed by atoms with Crippen LogP contribution in [-0.4, -0.2) is 11.3 Å². The zero-order chi connectivity index (χ0) is 14.6. The summed E-state index contributed by atoms with van der Waals surface area (Å²) in [7, 11) is 0. The Morgan fingerprint density at radius 1 is 1.05 bits per heavy atom. The molecule has 1 aromatic carbocycles. The molecular formula is C13H11F3N2O2. The quantitative estimate of drug-likeness (QED) is 0.937. The van der Waals surface area contributed by atoms with Crippen LogP contribution < -0.4 is 15.2 Å². The number of benzene rings is 1. The largest absolute Gasteiger partial charge is 0.573 e. The maximum absolute atomic E-state index is 12.2. The van der Waals surface area contributed by atoms with Gasteiger partial charge < -0.3 is 15.2 Å². The molecule has 0 radical (unpaired) electrons. The molecule has 0 aliphatic carbocycles. The molecular weight excluding hydrogens is 273 g/mol. The van der Waals surface area contributed by atoms with Gasteiger partial charge in [0.25, 0.3) is 0 Å². The van der Waals surface area contributed by atoms with Crippen molar-refractivity contribution < 1.29 is 22.6 Å². The van der Waals surface area contributed by atoms with Crippen molar-refractivity contribution in [2.75, 3.05) is 5.73 Å². The number of hydrogen-bond acceptors (Lipinski definition) is 4. The molecule has 20 heavy (non-hydrogen) atoms. The van der Waals surface area contributed by atoms with E-state index in [1.807, 2.05) is 0 Å². The maximum atomic E-state index is 12.2. The number of alkyl halides is 3. The van der Waals surface area contributed by atoms with Crippen LogP contribution in [-0.2, 0) is 6.61 Å². The summed E-state index contributed by atoms with van der Waals surface area (Å²) in [6.07, 6.45) is -3.27. The highest BCUT2D eigenvalue weighted by Crippen LogP contribution is 2.32. The summed E-state index contributed by atoms with van der Waals surface area (Å²) in [6.45, 7) is 0.0610. The lowest BCUT2D eigenvalue weighted by Crippen LogP contribution is -2.17. The Hall–Kier alpha value is -2.44. The van der Waals surface area contributed by atoms with Crippen LogP contribution in [0.2, 0.25) is 0 Å². The molecule has 0 aliphatic rings. The number of aromatic nitrogens is 1. The minimum absolute atomic E-state index is 0.00153. The summed E-state index contributed by atoms with van der Waals surface area (Å²) in [4.78, 5) is 3.86. The van der Waals surface area contributed by atoms with E-state index in [2.05, 4.69) is 9.72 Å². The predicted octanol–water partition coefficient (Wildman–Crippen LogP) is 3.14. The lowest BCUT2D eigenvalue weighted by molar-refractivity contribution is -0.275. The number of hydrogen-bond donors (Lipinski definition) is 1. The maximum Gasteiger partial charge on any atom is 0.573 e. The second kappa shape index (κ2) is 5.68. The molecule has 2 aromatic rings. The van der Waals surface area contributed by atoms with Crippen LogP contribution in [0.25, 0.3) is 0 Å². The van der Waals surface area contributed by atoms with Gasteiger partial charge in [0.05, 0.1) is 0 Å². The van der Waals surface area contributed by atoms with E-state index < -0.39 is 6.36 Å². The van der Waals surface area contributed by atoms with Gasteiger partial charge in [-0.15, -0.1) is 13.2 Å². The third kappa shape index (κ3) is 4.04. The molecule has 0 aliphatic heterocycles. The summed E-state index contributed by atoms with van der Waals surface area (Å²) in [5.41, 5.74) is 6.11. The van der Waals surface area contributed by atoms with Crippen molar-refractivity contribution >= 4 is 5.82 Å². The molecule has 0 bridgehead atoms. The molecule has 0 fully saturated rings. The number of rotatable bonds is 4. The van der Waals surface area contributed by atoms with E-state index in [0.29, 0.717) is 11.4 Å². The fourth-order valence-electron chi connectivity index (χ4n) is 1.46. The Bertz CT molecular complexity index is 571. The van der Waals surface area contributed by atoms with E-state index in [1.54, 1.807) is 18.2 Å². The molecule has 0 atom stereocenters. The number of halogens is 3. The van der Waals surface area contributed by atoms with E-state index in [4.69, 9.17) is 10.5 Å². The Kier molecular flexibility index (Phi) is 3.97. The molecule has 4 nitrogen and oxygen atoms in total. The molecule has 0 spiro atoms. The Balaban J connectivity index is 2.07. The van der Waals surface area contributed by atoms with Crippen LogP contribution in [0, 0.1) is 0 Å². The van der Waals surface area contributed by atoms with Crippen molar-refractivity contribution in [3.63, 3.8) is 0 Å². The van der Waals surface area contributed by atoms with Crippen molar-refractivity contribution in [2.24, 2.45) is 0 Å². The first-order valence-corrected chi connectivity index (χ1v) is 5.62. The number of nitrogens with zero attached hydrogens (tertiary/aromatic N) is 1. The van der Waals surface area contributed by atoms with Crippen LogP contribution in [0.15, 0.2) is 42.6 Å². The van der Waals surface area contributed by atoms with Gasteiger partial charge in [-0.05, 0) is 18.2 Å². The van der Waals surface area contributed by atoms with Crippen molar-refractivity contribution in [2.45, 2.75) is 13.0 Å². The van der Waals surface area contributed by atoms with E-state index in [0.717, 1.165) is 0 Å². The summed E-state index contributed by atoms with van der Waals surface area (Å²) < 4.78 is 45.9. The van der Waals surface area contributed by atoms with Crippen LogP contribution in [0.5, 0.6) is 11.5 Å². The van der Waals surface area contributed by atoms with Crippen molar-refractivity contribution in [1.82, 2.24) is 4.98 Å². The Labute approximate surface area is 113 Å². The summed E-state index contributed by atoms with van der Waals surface area (Å²) in [5.74, 6) is -0.0281. The van der Waals surface area contributed by atoms with E-state index >= 15 is 0 Å². The third-order valence-electron chi connectivity index (χ3n) is 2.32. The van der Waals surface area contributed by atoms with Gasteiger partial charge in [-0.3, -0.25) is 0 Å². The second-order valence-electron chi connectivity index (χ2n) is 3.87. The fourth-order valence-corrected chi connectivity index (χ4v) is 1.46. The van der Waals surface area contributed by atoms with E-state index in [1.165, 1.54) is 24.4 Å². The zero-order valence-electron chi connectivity index (χ0n) is 10.2. The molecule has 106 valence electrons. The average Bonchev–Trinajstić information content (AvgIpc) is 2.38. The van der Waals surface area contributed by atoms with Crippen LogP contribution in [0.3, 0.4) is 0 Å². The highest BCUT2D eigenvalue weighted by atomic mass is 19.4. The van der Waals surface area contributed by atoms with Crippen LogP contribution in [0.1, 0.15) is 5.56 Å². The number of anilines is 1. The second-order valence-corrected chi connectivity index (χ2v) is 3.87. The predicted molar refractivity (Wildman–Crippen MR) is 66.1 cm³/mol. The molecule has 2 N–H and O–H groups in total. The smallest absolute Gasteiger partial charge is 0.485 e. The molecule has 2 rings (SSSR count). The van der Waals surface area contributed by atoms with Gasteiger partial charge in [-0.1, -0.05) is 18.2 Å². The number of pyridine rings is 1. The number of nitrogen functional groups attached to an aromatic ring is 1. The first-order valence-electron chi connectivity index (χ1n) is 5.62. The molecule has 1 aromatic heterocycles. The molecule has 0 unspecified atom stereocenters. The summed E-state index contributed by atoms with van der Waals surface area (Å²) >= 11 is 0. The molecule has 1 heterocycles. The number of nitrogens with two attached hydrogens (primary N) is 1. The van der Waals surface area contributed by atoms with Gasteiger partial charge in [0.1, 0.15) is 12.4 Å². The van der Waals surface area contributed by atoms with E-state index in [9.17, 15) is 13.2 Å². The van der Waals surface area contributed by atoms with Gasteiger partial charge in [-0.25, -0.2) is 4.98 Å². The number of ether oxygens (including phenoxy) is 2. The molecule has 0 amide bonds. The summed E-state index contributed by atoms with van der Waals surface area (Å²) in [6, 6.07) is 8.82. The Morgan fingerprint density at radius 3 is 2.35 bits per heavy atom. The highest BCUT2D eigenvalue weighted by Gasteiger charge is 2.32. The normalized spacial score (nSPS) is 11.2. The standard InChI is InChI=1S/C13H11F3N2O2/c14-13(15,16)20-11-4-2-1-3-10(11)19-8-9-5-6-12(17)18-7-9/h1-7H,8H2,(H2,17,18). The van der Waals surface area contributed by atoms with Gasteiger partial charge in [0, 0.05) is 11.8 Å². The third-order valence-corrected chi connectivity index (χ3v) is 2.32. The minimum atomic E-state index is -4.76. The van der Waals surface area contributed by atoms with Gasteiger partial charge >= 0.3 is 6.36 Å². The van der Waals surface area contributed by atoms with Crippen molar-refractivity contribution in [3.8, 4) is 11.5 Å². The van der Waals surface area contributed by atoms with Crippen molar-refractivity contribution in [3.05, 3.63) is 48.2 Å². The van der Waals surface area contributed by atoms with E-state index in [-0.39, 0.29) is 18.1 Å². The molecule has 0 saturated carbocycles. The molecule has 7 heteroatoms. The number of para-hydroxylation sites is 2. The first-order chi connectivity index (χ1) is 9.44. The monoisotopic (exact) mass is 284 g/mol. The van der Waals surface area contributed by atoms with Crippen molar-refractivity contribution in [1.29, 1.82) is 0 Å². The fraction of sp³-hybridized carbons (Fsp3) is 0.154. The van der Waals surface area contributed by atoms with Crippen LogP contribution in [0.4, 0.5) is 19.0 Å². The minimum Gasteiger partial charge on any atom is -0.485 e. The first kappa shape index (κ1) is 14.0. The highest BCUT2D eigenvalue weighted by molar-refractivity contribution is 5.39. The molecule has 0 saturated heterocycles. The Morgan fingerprint density at radius 2 is 1.75 bits per heavy atom. The average molecular weight is 284 g/mol. The van der Waals surface area contributed by atoms with Gasteiger partial charge in [0.2, 0.25) is 0 Å². The zero-order valence-corrected chi connectivity index (χ0v) is 10.2. The topological polar surface area (TPSA) is 57.4 Å². The summed E-state index contributed by atoms with van der Waals surface area (Å²) in [5, 5.41) is 0. The van der Waals surface area contributed by atoms with Crippen LogP contribution >= 0.6 is 0 Å². The lowest BCUT2D eigenvalue weighted by Gasteiger charge is -2.13.